The van der Waals surface area contributed by atoms with E-state index in [2.05, 4.69) is 120 Å². The highest BCUT2D eigenvalue weighted by Gasteiger charge is 2.25. The fraction of sp³-hybridized carbons (Fsp3) is 0. The lowest BCUT2D eigenvalue weighted by atomic mass is 9.93. The molecule has 2 aromatic heterocycles. The SMILES string of the molecule is c1ccc(-c2nc(-n3c4cccc5c4c4c6c(cccc6ccc43)-c3ccccc3-5)nc3ccccc23)cc1. The number of fused-ring (bicyclic) bond motifs is 4. The molecule has 39 heavy (non-hydrogen) atoms. The molecule has 1 aliphatic carbocycles. The Hall–Kier alpha value is -5.28. The van der Waals surface area contributed by atoms with Gasteiger partial charge in [0.25, 0.3) is 0 Å². The van der Waals surface area contributed by atoms with Crippen molar-refractivity contribution in [1.82, 2.24) is 14.5 Å². The Morgan fingerprint density at radius 1 is 0.436 bits per heavy atom. The van der Waals surface area contributed by atoms with Crippen LogP contribution < -0.4 is 0 Å². The zero-order valence-corrected chi connectivity index (χ0v) is 21.0. The summed E-state index contributed by atoms with van der Waals surface area (Å²) in [4.78, 5) is 10.4. The van der Waals surface area contributed by atoms with Crippen molar-refractivity contribution in [3.05, 3.63) is 127 Å². The first-order valence-electron chi connectivity index (χ1n) is 13.3. The first-order chi connectivity index (χ1) is 19.4. The number of hydrogen-bond acceptors (Lipinski definition) is 2. The van der Waals surface area contributed by atoms with Crippen molar-refractivity contribution in [2.24, 2.45) is 0 Å². The molecule has 3 heteroatoms. The molecule has 1 aliphatic rings. The summed E-state index contributed by atoms with van der Waals surface area (Å²) in [6.45, 7) is 0. The largest absolute Gasteiger partial charge is 0.278 e. The molecule has 180 valence electrons. The quantitative estimate of drug-likeness (QED) is 0.239. The van der Waals surface area contributed by atoms with Crippen molar-refractivity contribution >= 4 is 43.5 Å². The van der Waals surface area contributed by atoms with Gasteiger partial charge in [-0.3, -0.25) is 4.57 Å². The molecule has 8 aromatic rings. The second-order valence-corrected chi connectivity index (χ2v) is 10.2. The van der Waals surface area contributed by atoms with Gasteiger partial charge >= 0.3 is 0 Å². The van der Waals surface area contributed by atoms with Crippen molar-refractivity contribution in [2.75, 3.05) is 0 Å². The van der Waals surface area contributed by atoms with Crippen molar-refractivity contribution in [3.8, 4) is 39.5 Å². The minimum atomic E-state index is 0.690. The normalized spacial score (nSPS) is 12.1. The van der Waals surface area contributed by atoms with Gasteiger partial charge in [-0.1, -0.05) is 109 Å². The Labute approximate surface area is 224 Å². The molecule has 0 bridgehead atoms. The van der Waals surface area contributed by atoms with Gasteiger partial charge < -0.3 is 0 Å². The molecule has 2 heterocycles. The van der Waals surface area contributed by atoms with Crippen LogP contribution in [0.4, 0.5) is 0 Å². The van der Waals surface area contributed by atoms with E-state index in [4.69, 9.17) is 9.97 Å². The Morgan fingerprint density at radius 2 is 1.10 bits per heavy atom. The van der Waals surface area contributed by atoms with Gasteiger partial charge in [-0.2, -0.15) is 0 Å². The fourth-order valence-corrected chi connectivity index (χ4v) is 6.52. The summed E-state index contributed by atoms with van der Waals surface area (Å²) in [5, 5.41) is 6.11. The summed E-state index contributed by atoms with van der Waals surface area (Å²) in [6, 6.07) is 45.3. The van der Waals surface area contributed by atoms with E-state index in [0.717, 1.165) is 33.2 Å². The lowest BCUT2D eigenvalue weighted by Crippen LogP contribution is -2.03. The van der Waals surface area contributed by atoms with Crippen LogP contribution in [0.3, 0.4) is 0 Å². The lowest BCUT2D eigenvalue weighted by molar-refractivity contribution is 1.01. The van der Waals surface area contributed by atoms with Crippen LogP contribution in [0.25, 0.3) is 82.9 Å². The van der Waals surface area contributed by atoms with E-state index in [1.54, 1.807) is 0 Å². The number of nitrogens with zero attached hydrogens (tertiary/aromatic N) is 3. The summed E-state index contributed by atoms with van der Waals surface area (Å²) < 4.78 is 2.26. The second kappa shape index (κ2) is 7.62. The summed E-state index contributed by atoms with van der Waals surface area (Å²) in [5.41, 5.74) is 10.3. The van der Waals surface area contributed by atoms with Crippen LogP contribution in [0.1, 0.15) is 0 Å². The monoisotopic (exact) mass is 495 g/mol. The lowest BCUT2D eigenvalue weighted by Gasteiger charge is -2.14. The molecular weight excluding hydrogens is 474 g/mol. The topological polar surface area (TPSA) is 30.7 Å². The molecule has 0 radical (unpaired) electrons. The van der Waals surface area contributed by atoms with Crippen LogP contribution in [0, 0.1) is 0 Å². The Balaban J connectivity index is 1.49. The van der Waals surface area contributed by atoms with Gasteiger partial charge in [0, 0.05) is 21.7 Å². The number of rotatable bonds is 2. The molecule has 9 rings (SSSR count). The maximum Gasteiger partial charge on any atom is 0.235 e. The van der Waals surface area contributed by atoms with Crippen molar-refractivity contribution in [2.45, 2.75) is 0 Å². The highest BCUT2D eigenvalue weighted by molar-refractivity contribution is 6.30. The van der Waals surface area contributed by atoms with Crippen LogP contribution >= 0.6 is 0 Å². The van der Waals surface area contributed by atoms with E-state index in [-0.39, 0.29) is 0 Å². The van der Waals surface area contributed by atoms with Crippen LogP contribution in [0.2, 0.25) is 0 Å². The van der Waals surface area contributed by atoms with Gasteiger partial charge in [0.2, 0.25) is 5.95 Å². The molecule has 0 atom stereocenters. The summed E-state index contributed by atoms with van der Waals surface area (Å²) >= 11 is 0. The van der Waals surface area contributed by atoms with E-state index in [9.17, 15) is 0 Å². The number of hydrogen-bond donors (Lipinski definition) is 0. The van der Waals surface area contributed by atoms with E-state index >= 15 is 0 Å². The molecule has 0 amide bonds. The van der Waals surface area contributed by atoms with Crippen LogP contribution in [-0.4, -0.2) is 14.5 Å². The minimum absolute atomic E-state index is 0.690. The Bertz CT molecular complexity index is 2280. The molecule has 0 spiro atoms. The average Bonchev–Trinajstić information content (AvgIpc) is 3.29. The van der Waals surface area contributed by atoms with Gasteiger partial charge in [-0.25, -0.2) is 9.97 Å². The number of para-hydroxylation sites is 1. The highest BCUT2D eigenvalue weighted by Crippen LogP contribution is 2.49. The van der Waals surface area contributed by atoms with E-state index in [0.29, 0.717) is 5.95 Å². The van der Waals surface area contributed by atoms with Crippen molar-refractivity contribution in [1.29, 1.82) is 0 Å². The van der Waals surface area contributed by atoms with Crippen LogP contribution in [0.15, 0.2) is 127 Å². The Morgan fingerprint density at radius 3 is 1.95 bits per heavy atom. The van der Waals surface area contributed by atoms with Gasteiger partial charge in [0.1, 0.15) is 0 Å². The van der Waals surface area contributed by atoms with Gasteiger partial charge in [-0.15, -0.1) is 0 Å². The molecule has 0 fully saturated rings. The maximum absolute atomic E-state index is 5.26. The molecule has 0 unspecified atom stereocenters. The summed E-state index contributed by atoms with van der Waals surface area (Å²) in [5.74, 6) is 0.690. The van der Waals surface area contributed by atoms with Crippen LogP contribution in [-0.2, 0) is 0 Å². The number of benzene rings is 6. The number of aromatic nitrogens is 3. The van der Waals surface area contributed by atoms with Crippen molar-refractivity contribution < 1.29 is 0 Å². The third kappa shape index (κ3) is 2.76. The third-order valence-electron chi connectivity index (χ3n) is 8.14. The first-order valence-corrected chi connectivity index (χ1v) is 13.3. The van der Waals surface area contributed by atoms with Crippen LogP contribution in [0.5, 0.6) is 0 Å². The molecule has 0 N–H and O–H groups in total. The van der Waals surface area contributed by atoms with Gasteiger partial charge in [-0.05, 0) is 51.2 Å². The van der Waals surface area contributed by atoms with Gasteiger partial charge in [0.05, 0.1) is 22.2 Å². The predicted molar refractivity (Wildman–Crippen MR) is 161 cm³/mol. The summed E-state index contributed by atoms with van der Waals surface area (Å²) in [7, 11) is 0. The standard InChI is InChI=1S/C36H21N3/c1-2-10-23(11-3-1)35-28-15-6-7-18-29(28)37-36(38-35)39-30-19-9-17-27-25-14-5-4-13-24(25)26-16-8-12-22-20-21-31(39)34(32(22)26)33(27)30/h1-21H. The third-order valence-corrected chi connectivity index (χ3v) is 8.14. The predicted octanol–water partition coefficient (Wildman–Crippen LogP) is 9.19. The van der Waals surface area contributed by atoms with E-state index in [1.807, 2.05) is 12.1 Å². The average molecular weight is 496 g/mol. The van der Waals surface area contributed by atoms with E-state index < -0.39 is 0 Å². The highest BCUT2D eigenvalue weighted by atomic mass is 15.2. The smallest absolute Gasteiger partial charge is 0.235 e. The second-order valence-electron chi connectivity index (χ2n) is 10.2. The van der Waals surface area contributed by atoms with Gasteiger partial charge in [0.15, 0.2) is 0 Å². The molecule has 0 saturated heterocycles. The Kier molecular flexibility index (Phi) is 4.05. The molecule has 6 aromatic carbocycles. The van der Waals surface area contributed by atoms with Crippen molar-refractivity contribution in [3.63, 3.8) is 0 Å². The zero-order valence-electron chi connectivity index (χ0n) is 21.0. The summed E-state index contributed by atoms with van der Waals surface area (Å²) in [6.07, 6.45) is 0. The molecular formula is C36H21N3. The molecule has 0 aliphatic heterocycles. The van der Waals surface area contributed by atoms with E-state index in [1.165, 1.54) is 43.8 Å². The first kappa shape index (κ1) is 20.7. The molecule has 0 saturated carbocycles. The molecule has 3 nitrogen and oxygen atoms in total. The fourth-order valence-electron chi connectivity index (χ4n) is 6.52. The maximum atomic E-state index is 5.26. The minimum Gasteiger partial charge on any atom is -0.278 e. The zero-order chi connectivity index (χ0) is 25.5.